The Hall–Kier alpha value is -1.78. The zero-order chi connectivity index (χ0) is 20.6. The van der Waals surface area contributed by atoms with Crippen LogP contribution < -0.4 is 9.47 Å². The van der Waals surface area contributed by atoms with Crippen LogP contribution in [-0.2, 0) is 25.9 Å². The molecule has 3 fully saturated rings. The van der Waals surface area contributed by atoms with Gasteiger partial charge in [0.05, 0.1) is 31.8 Å². The van der Waals surface area contributed by atoms with E-state index < -0.39 is 15.9 Å². The van der Waals surface area contributed by atoms with Gasteiger partial charge in [0.15, 0.2) is 26.5 Å². The van der Waals surface area contributed by atoms with E-state index in [1.807, 2.05) is 23.1 Å². The minimum Gasteiger partial charge on any atom is -0.493 e. The van der Waals surface area contributed by atoms with E-state index in [4.69, 9.17) is 14.2 Å². The van der Waals surface area contributed by atoms with Crippen LogP contribution in [0.15, 0.2) is 23.2 Å². The standard InChI is InChI=1S/C19H24N2O6S2/c1-25-14-6-5-12(8-16(14)26-2)9-21-13-10-29(23,24)11-17(13)28-19(21)20-18(22)15-4-3-7-27-15/h5-6,8,13,15,17H,3-4,7,9-11H2,1-2H3/t13-,15+,17-/m1/s1. The van der Waals surface area contributed by atoms with Crippen molar-refractivity contribution >= 4 is 32.7 Å². The molecule has 3 aliphatic rings. The summed E-state index contributed by atoms with van der Waals surface area (Å²) in [5.74, 6) is 1.12. The van der Waals surface area contributed by atoms with E-state index in [0.29, 0.717) is 36.2 Å². The first-order chi connectivity index (χ1) is 13.9. The average molecular weight is 441 g/mol. The van der Waals surface area contributed by atoms with Gasteiger partial charge in [-0.25, -0.2) is 8.42 Å². The molecular weight excluding hydrogens is 416 g/mol. The molecule has 0 unspecified atom stereocenters. The van der Waals surface area contributed by atoms with Crippen LogP contribution >= 0.6 is 11.8 Å². The Bertz CT molecular complexity index is 927. The second-order valence-corrected chi connectivity index (χ2v) is 10.7. The number of amides is 1. The number of ether oxygens (including phenoxy) is 3. The van der Waals surface area contributed by atoms with Crippen LogP contribution in [0.25, 0.3) is 0 Å². The number of amidine groups is 1. The molecule has 29 heavy (non-hydrogen) atoms. The molecule has 3 aliphatic heterocycles. The molecule has 4 rings (SSSR count). The molecule has 0 saturated carbocycles. The van der Waals surface area contributed by atoms with Gasteiger partial charge in [-0.1, -0.05) is 17.8 Å². The highest BCUT2D eigenvalue weighted by molar-refractivity contribution is 8.15. The van der Waals surface area contributed by atoms with Gasteiger partial charge < -0.3 is 19.1 Å². The molecule has 1 amide bonds. The Morgan fingerprint density at radius 2 is 2.07 bits per heavy atom. The summed E-state index contributed by atoms with van der Waals surface area (Å²) in [6, 6.07) is 5.38. The molecule has 0 aromatic heterocycles. The van der Waals surface area contributed by atoms with Crippen molar-refractivity contribution in [3.05, 3.63) is 23.8 Å². The second-order valence-electron chi connectivity index (χ2n) is 7.35. The molecule has 0 aliphatic carbocycles. The number of hydrogen-bond acceptors (Lipinski definition) is 7. The normalized spacial score (nSPS) is 29.2. The molecule has 8 nitrogen and oxygen atoms in total. The first-order valence-electron chi connectivity index (χ1n) is 9.49. The van der Waals surface area contributed by atoms with Gasteiger partial charge in [0.25, 0.3) is 5.91 Å². The van der Waals surface area contributed by atoms with Gasteiger partial charge in [-0.3, -0.25) is 4.79 Å². The molecular formula is C19H24N2O6S2. The smallest absolute Gasteiger partial charge is 0.277 e. The third-order valence-electron chi connectivity index (χ3n) is 5.39. The number of fused-ring (bicyclic) bond motifs is 1. The van der Waals surface area contributed by atoms with E-state index in [1.54, 1.807) is 14.2 Å². The highest BCUT2D eigenvalue weighted by atomic mass is 32.2. The predicted molar refractivity (Wildman–Crippen MR) is 110 cm³/mol. The largest absolute Gasteiger partial charge is 0.493 e. The zero-order valence-corrected chi connectivity index (χ0v) is 18.0. The summed E-state index contributed by atoms with van der Waals surface area (Å²) in [4.78, 5) is 18.8. The van der Waals surface area contributed by atoms with Gasteiger partial charge in [0.1, 0.15) is 6.10 Å². The topological polar surface area (TPSA) is 94.5 Å². The molecule has 10 heteroatoms. The highest BCUT2D eigenvalue weighted by Crippen LogP contribution is 2.40. The first-order valence-corrected chi connectivity index (χ1v) is 12.2. The average Bonchev–Trinajstić information content (AvgIpc) is 3.39. The SMILES string of the molecule is COc1ccc(CN2C(=NC(=O)[C@@H]3CCCO3)S[C@@H]3CS(=O)(=O)C[C@H]32)cc1OC. The molecule has 0 radical (unpaired) electrons. The molecule has 0 bridgehead atoms. The van der Waals surface area contributed by atoms with Crippen molar-refractivity contribution in [3.8, 4) is 11.5 Å². The van der Waals surface area contributed by atoms with Crippen LogP contribution in [0.1, 0.15) is 18.4 Å². The van der Waals surface area contributed by atoms with Crippen molar-refractivity contribution in [2.75, 3.05) is 32.3 Å². The van der Waals surface area contributed by atoms with E-state index in [9.17, 15) is 13.2 Å². The van der Waals surface area contributed by atoms with Gasteiger partial charge in [-0.05, 0) is 30.5 Å². The number of thioether (sulfide) groups is 1. The summed E-state index contributed by atoms with van der Waals surface area (Å²) in [5, 5.41) is 0.460. The summed E-state index contributed by atoms with van der Waals surface area (Å²) in [6.07, 6.45) is 1.04. The quantitative estimate of drug-likeness (QED) is 0.680. The van der Waals surface area contributed by atoms with Crippen molar-refractivity contribution in [1.82, 2.24) is 4.90 Å². The van der Waals surface area contributed by atoms with Gasteiger partial charge >= 0.3 is 0 Å². The summed E-state index contributed by atoms with van der Waals surface area (Å²) >= 11 is 1.38. The van der Waals surface area contributed by atoms with Crippen molar-refractivity contribution in [2.24, 2.45) is 4.99 Å². The summed E-state index contributed by atoms with van der Waals surface area (Å²) in [6.45, 7) is 1.01. The molecule has 3 atom stereocenters. The number of carbonyl (C=O) groups excluding carboxylic acids is 1. The number of benzene rings is 1. The first kappa shape index (κ1) is 20.5. The maximum absolute atomic E-state index is 12.5. The number of rotatable bonds is 5. The highest BCUT2D eigenvalue weighted by Gasteiger charge is 2.49. The lowest BCUT2D eigenvalue weighted by atomic mass is 10.1. The minimum atomic E-state index is -3.09. The summed E-state index contributed by atoms with van der Waals surface area (Å²) in [7, 11) is 0.0495. The lowest BCUT2D eigenvalue weighted by molar-refractivity contribution is -0.126. The third-order valence-corrected chi connectivity index (χ3v) is 8.63. The van der Waals surface area contributed by atoms with Crippen molar-refractivity contribution in [1.29, 1.82) is 0 Å². The van der Waals surface area contributed by atoms with E-state index in [-0.39, 0.29) is 28.7 Å². The number of sulfone groups is 1. The Morgan fingerprint density at radius 1 is 1.28 bits per heavy atom. The van der Waals surface area contributed by atoms with Crippen LogP contribution in [0, 0.1) is 0 Å². The van der Waals surface area contributed by atoms with Gasteiger partial charge in [-0.15, -0.1) is 0 Å². The number of nitrogens with zero attached hydrogens (tertiary/aromatic N) is 2. The number of methoxy groups -OCH3 is 2. The van der Waals surface area contributed by atoms with E-state index in [0.717, 1.165) is 12.0 Å². The maximum atomic E-state index is 12.5. The molecule has 0 spiro atoms. The monoisotopic (exact) mass is 440 g/mol. The number of hydrogen-bond donors (Lipinski definition) is 0. The van der Waals surface area contributed by atoms with Crippen molar-refractivity contribution < 1.29 is 27.4 Å². The fraction of sp³-hybridized carbons (Fsp3) is 0.579. The predicted octanol–water partition coefficient (Wildman–Crippen LogP) is 1.48. The van der Waals surface area contributed by atoms with E-state index >= 15 is 0 Å². The molecule has 158 valence electrons. The van der Waals surface area contributed by atoms with Gasteiger partial charge in [0.2, 0.25) is 0 Å². The Labute approximate surface area is 174 Å². The van der Waals surface area contributed by atoms with Crippen molar-refractivity contribution in [3.63, 3.8) is 0 Å². The molecule has 3 heterocycles. The zero-order valence-electron chi connectivity index (χ0n) is 16.4. The summed E-state index contributed by atoms with van der Waals surface area (Å²) in [5.41, 5.74) is 0.922. The minimum absolute atomic E-state index is 0.0745. The van der Waals surface area contributed by atoms with Gasteiger partial charge in [-0.2, -0.15) is 4.99 Å². The Morgan fingerprint density at radius 3 is 2.76 bits per heavy atom. The number of carbonyl (C=O) groups is 1. The van der Waals surface area contributed by atoms with Crippen LogP contribution in [0.2, 0.25) is 0 Å². The molecule has 3 saturated heterocycles. The van der Waals surface area contributed by atoms with Gasteiger partial charge in [0, 0.05) is 18.4 Å². The fourth-order valence-electron chi connectivity index (χ4n) is 3.93. The van der Waals surface area contributed by atoms with E-state index in [2.05, 4.69) is 4.99 Å². The van der Waals surface area contributed by atoms with E-state index in [1.165, 1.54) is 11.8 Å². The lowest BCUT2D eigenvalue weighted by Crippen LogP contribution is -2.37. The Kier molecular flexibility index (Phi) is 5.76. The second kappa shape index (κ2) is 8.16. The van der Waals surface area contributed by atoms with Crippen LogP contribution in [0.3, 0.4) is 0 Å². The van der Waals surface area contributed by atoms with Crippen molar-refractivity contribution in [2.45, 2.75) is 36.8 Å². The third kappa shape index (κ3) is 4.24. The molecule has 1 aromatic rings. The maximum Gasteiger partial charge on any atom is 0.277 e. The summed E-state index contributed by atoms with van der Waals surface area (Å²) < 4.78 is 40.4. The van der Waals surface area contributed by atoms with Crippen LogP contribution in [0.4, 0.5) is 0 Å². The molecule has 1 aromatic carbocycles. The van der Waals surface area contributed by atoms with Crippen LogP contribution in [0.5, 0.6) is 11.5 Å². The lowest BCUT2D eigenvalue weighted by Gasteiger charge is -2.25. The van der Waals surface area contributed by atoms with Crippen LogP contribution in [-0.4, -0.2) is 74.1 Å². The Balaban J connectivity index is 1.61. The number of aliphatic imine (C=N–C) groups is 1. The fourth-order valence-corrected chi connectivity index (χ4v) is 7.89. The molecule has 0 N–H and O–H groups in total.